The molecule has 0 heterocycles. The Bertz CT molecular complexity index is 1650. The highest BCUT2D eigenvalue weighted by Crippen LogP contribution is 2.17. The molecule has 0 radical (unpaired) electrons. The van der Waals surface area contributed by atoms with E-state index in [1.165, 1.54) is 148 Å². The van der Waals surface area contributed by atoms with Crippen molar-refractivity contribution in [1.82, 2.24) is 0 Å². The van der Waals surface area contributed by atoms with Crippen LogP contribution in [0.1, 0.15) is 310 Å². The molecule has 0 spiro atoms. The summed E-state index contributed by atoms with van der Waals surface area (Å²) in [5.41, 5.74) is 0. The van der Waals surface area contributed by atoms with Gasteiger partial charge in [-0.1, -0.05) is 309 Å². The van der Waals surface area contributed by atoms with Crippen LogP contribution >= 0.6 is 0 Å². The first-order valence-corrected chi connectivity index (χ1v) is 33.5. The van der Waals surface area contributed by atoms with Gasteiger partial charge in [-0.3, -0.25) is 14.4 Å². The SMILES string of the molecule is CC/C=C\C/C=C\C/C=C\C/C=C\C/C=C\C/C=C\C/C=C\CCCC(=O)OC(COC(=O)CCCCC/C=C\C/C=C\C/C=C\CC)COC(=O)CCCCCCCCCCCCCCCCCCCCCCCCCCCC. The van der Waals surface area contributed by atoms with Crippen molar-refractivity contribution < 1.29 is 28.6 Å². The largest absolute Gasteiger partial charge is 0.462 e. The van der Waals surface area contributed by atoms with E-state index < -0.39 is 6.10 Å². The third-order valence-electron chi connectivity index (χ3n) is 14.2. The number of rotatable bonds is 60. The molecule has 1 atom stereocenters. The number of ether oxygens (including phenoxy) is 3. The van der Waals surface area contributed by atoms with Gasteiger partial charge >= 0.3 is 17.9 Å². The average molecular weight is 1110 g/mol. The molecule has 0 aromatic rings. The summed E-state index contributed by atoms with van der Waals surface area (Å²) in [5.74, 6) is -0.995. The van der Waals surface area contributed by atoms with E-state index in [4.69, 9.17) is 14.2 Å². The van der Waals surface area contributed by atoms with Crippen molar-refractivity contribution in [3.8, 4) is 0 Å². The first-order valence-electron chi connectivity index (χ1n) is 33.5. The molecule has 0 aromatic carbocycles. The lowest BCUT2D eigenvalue weighted by Crippen LogP contribution is -2.30. The number of hydrogen-bond acceptors (Lipinski definition) is 6. The van der Waals surface area contributed by atoms with Crippen LogP contribution < -0.4 is 0 Å². The lowest BCUT2D eigenvalue weighted by atomic mass is 10.0. The molecule has 0 aromatic heterocycles. The van der Waals surface area contributed by atoms with Crippen LogP contribution in [0.5, 0.6) is 0 Å². The van der Waals surface area contributed by atoms with E-state index >= 15 is 0 Å². The Balaban J connectivity index is 4.38. The predicted molar refractivity (Wildman–Crippen MR) is 348 cm³/mol. The van der Waals surface area contributed by atoms with Gasteiger partial charge < -0.3 is 14.2 Å². The van der Waals surface area contributed by atoms with Crippen LogP contribution in [-0.4, -0.2) is 37.2 Å². The maximum atomic E-state index is 12.9. The molecule has 0 aliphatic rings. The molecule has 0 aliphatic carbocycles. The van der Waals surface area contributed by atoms with Gasteiger partial charge in [0.1, 0.15) is 13.2 Å². The van der Waals surface area contributed by atoms with Crippen molar-refractivity contribution >= 4 is 17.9 Å². The second-order valence-electron chi connectivity index (χ2n) is 22.0. The van der Waals surface area contributed by atoms with Gasteiger partial charge in [0.15, 0.2) is 6.10 Å². The summed E-state index contributed by atoms with van der Waals surface area (Å²) in [6.07, 6.45) is 93.8. The van der Waals surface area contributed by atoms with Crippen LogP contribution in [0.3, 0.4) is 0 Å². The third-order valence-corrected chi connectivity index (χ3v) is 14.2. The summed E-state index contributed by atoms with van der Waals surface area (Å²) in [6, 6.07) is 0. The first kappa shape index (κ1) is 75.8. The van der Waals surface area contributed by atoms with Gasteiger partial charge in [-0.25, -0.2) is 0 Å². The van der Waals surface area contributed by atoms with Crippen LogP contribution in [-0.2, 0) is 28.6 Å². The summed E-state index contributed by atoms with van der Waals surface area (Å²) in [4.78, 5) is 38.3. The fourth-order valence-electron chi connectivity index (χ4n) is 9.27. The van der Waals surface area contributed by atoms with Gasteiger partial charge in [0.2, 0.25) is 0 Å². The van der Waals surface area contributed by atoms with E-state index in [1.54, 1.807) is 0 Å². The molecule has 0 fully saturated rings. The molecule has 456 valence electrons. The van der Waals surface area contributed by atoms with Gasteiger partial charge in [0.25, 0.3) is 0 Å². The van der Waals surface area contributed by atoms with Gasteiger partial charge in [0.05, 0.1) is 0 Å². The van der Waals surface area contributed by atoms with Gasteiger partial charge in [-0.2, -0.15) is 0 Å². The monoisotopic (exact) mass is 1110 g/mol. The number of esters is 3. The van der Waals surface area contributed by atoms with Crippen molar-refractivity contribution in [2.24, 2.45) is 0 Å². The second-order valence-corrected chi connectivity index (χ2v) is 22.0. The number of carbonyl (C=O) groups is 3. The minimum Gasteiger partial charge on any atom is -0.462 e. The summed E-state index contributed by atoms with van der Waals surface area (Å²) >= 11 is 0. The molecular weight excluding hydrogens is 985 g/mol. The van der Waals surface area contributed by atoms with E-state index in [-0.39, 0.29) is 37.5 Å². The lowest BCUT2D eigenvalue weighted by Gasteiger charge is -2.18. The van der Waals surface area contributed by atoms with Crippen LogP contribution in [0, 0.1) is 0 Å². The van der Waals surface area contributed by atoms with Crippen LogP contribution in [0.4, 0.5) is 0 Å². The second kappa shape index (κ2) is 67.3. The summed E-state index contributed by atoms with van der Waals surface area (Å²) < 4.78 is 16.9. The molecule has 0 amide bonds. The molecule has 80 heavy (non-hydrogen) atoms. The summed E-state index contributed by atoms with van der Waals surface area (Å²) in [7, 11) is 0. The maximum Gasteiger partial charge on any atom is 0.306 e. The lowest BCUT2D eigenvalue weighted by molar-refractivity contribution is -0.167. The minimum atomic E-state index is -0.824. The highest BCUT2D eigenvalue weighted by atomic mass is 16.6. The number of hydrogen-bond donors (Lipinski definition) is 0. The zero-order chi connectivity index (χ0) is 57.8. The Hall–Kier alpha value is -4.19. The van der Waals surface area contributed by atoms with Crippen LogP contribution in [0.25, 0.3) is 0 Å². The highest BCUT2D eigenvalue weighted by Gasteiger charge is 2.19. The van der Waals surface area contributed by atoms with E-state index in [2.05, 4.69) is 142 Å². The Kier molecular flexibility index (Phi) is 63.8. The highest BCUT2D eigenvalue weighted by molar-refractivity contribution is 5.71. The molecule has 6 heteroatoms. The topological polar surface area (TPSA) is 78.9 Å². The Morgan fingerprint density at radius 1 is 0.263 bits per heavy atom. The van der Waals surface area contributed by atoms with Crippen molar-refractivity contribution in [3.05, 3.63) is 122 Å². The first-order chi connectivity index (χ1) is 39.5. The molecule has 1 unspecified atom stereocenters. The minimum absolute atomic E-state index is 0.111. The fraction of sp³-hybridized carbons (Fsp3) is 0.689. The van der Waals surface area contributed by atoms with Crippen molar-refractivity contribution in [1.29, 1.82) is 0 Å². The van der Waals surface area contributed by atoms with E-state index in [9.17, 15) is 14.4 Å². The molecule has 0 bridgehead atoms. The molecule has 0 rings (SSSR count). The molecular formula is C74H124O6. The Labute approximate surface area is 494 Å². The third kappa shape index (κ3) is 64.6. The van der Waals surface area contributed by atoms with E-state index in [0.29, 0.717) is 19.3 Å². The summed E-state index contributed by atoms with van der Waals surface area (Å²) in [6.45, 7) is 6.37. The average Bonchev–Trinajstić information content (AvgIpc) is 3.46. The Morgan fingerprint density at radius 2 is 0.500 bits per heavy atom. The van der Waals surface area contributed by atoms with Crippen LogP contribution in [0.2, 0.25) is 0 Å². The number of carbonyl (C=O) groups excluding carboxylic acids is 3. The summed E-state index contributed by atoms with van der Waals surface area (Å²) in [5, 5.41) is 0. The molecule has 0 saturated heterocycles. The van der Waals surface area contributed by atoms with E-state index in [0.717, 1.165) is 116 Å². The van der Waals surface area contributed by atoms with Crippen molar-refractivity contribution in [3.63, 3.8) is 0 Å². The normalized spacial score (nSPS) is 12.9. The number of allylic oxidation sites excluding steroid dienone is 20. The smallest absolute Gasteiger partial charge is 0.306 e. The van der Waals surface area contributed by atoms with E-state index in [1.807, 2.05) is 0 Å². The van der Waals surface area contributed by atoms with Crippen molar-refractivity contribution in [2.45, 2.75) is 316 Å². The number of unbranched alkanes of at least 4 members (excludes halogenated alkanes) is 29. The fourth-order valence-corrected chi connectivity index (χ4v) is 9.27. The maximum absolute atomic E-state index is 12.9. The molecule has 6 nitrogen and oxygen atoms in total. The predicted octanol–water partition coefficient (Wildman–Crippen LogP) is 23.2. The molecule has 0 N–H and O–H groups in total. The Morgan fingerprint density at radius 3 is 0.800 bits per heavy atom. The zero-order valence-electron chi connectivity index (χ0n) is 52.3. The van der Waals surface area contributed by atoms with Crippen LogP contribution in [0.15, 0.2) is 122 Å². The van der Waals surface area contributed by atoms with Gasteiger partial charge in [-0.15, -0.1) is 0 Å². The standard InChI is InChI=1S/C74H124O6/c1-4-7-10-13-16-19-22-25-27-29-31-33-35-36-37-39-40-42-44-46-49-52-55-58-61-64-67-73(76)79-70-71(69-78-72(75)66-63-60-57-54-51-48-24-21-18-15-12-9-6-3)80-74(77)68-65-62-59-56-53-50-47-45-43-41-38-34-32-30-28-26-23-20-17-14-11-8-5-2/h8-9,11-12,17-18,20-21,26,28,32,34,41,43,47-48,50-51,56,59,71H,4-7,10,13-16,19,22-25,27,29-31,33,35-40,42,44-46,49,52-55,57-58,60-70H2,1-3H3/b11-8-,12-9-,20-17-,21-18-,28-26-,34-32-,43-41-,50-47-,51-48-,59-56-. The van der Waals surface area contributed by atoms with Gasteiger partial charge in [-0.05, 0) is 103 Å². The molecule has 0 saturated carbocycles. The zero-order valence-corrected chi connectivity index (χ0v) is 52.3. The quantitative estimate of drug-likeness (QED) is 0.0261. The van der Waals surface area contributed by atoms with Gasteiger partial charge in [0, 0.05) is 19.3 Å². The van der Waals surface area contributed by atoms with Crippen molar-refractivity contribution in [2.75, 3.05) is 13.2 Å². The molecule has 0 aliphatic heterocycles.